The number of nitrogens with zero attached hydrogens (tertiary/aromatic N) is 1. The average molecular weight is 201 g/mol. The zero-order valence-corrected chi connectivity index (χ0v) is 8.99. The number of hydrogen-bond acceptors (Lipinski definition) is 4. The Morgan fingerprint density at radius 1 is 1.50 bits per heavy atom. The number of ether oxygens (including phenoxy) is 2. The van der Waals surface area contributed by atoms with E-state index in [-0.39, 0.29) is 11.9 Å². The lowest BCUT2D eigenvalue weighted by molar-refractivity contribution is -0.145. The molecule has 0 aromatic carbocycles. The van der Waals surface area contributed by atoms with Crippen molar-refractivity contribution in [2.75, 3.05) is 40.0 Å². The van der Waals surface area contributed by atoms with Crippen LogP contribution in [0.2, 0.25) is 0 Å². The van der Waals surface area contributed by atoms with Crippen molar-refractivity contribution in [3.8, 4) is 0 Å². The Labute approximate surface area is 85.2 Å². The van der Waals surface area contributed by atoms with E-state index >= 15 is 0 Å². The molecular weight excluding hydrogens is 182 g/mol. The Kier molecular flexibility index (Phi) is 4.90. The fourth-order valence-electron chi connectivity index (χ4n) is 1.52. The van der Waals surface area contributed by atoms with Crippen molar-refractivity contribution in [3.63, 3.8) is 0 Å². The van der Waals surface area contributed by atoms with Gasteiger partial charge in [0.05, 0.1) is 26.2 Å². The first-order valence-electron chi connectivity index (χ1n) is 5.12. The highest BCUT2D eigenvalue weighted by molar-refractivity contribution is 5.71. The molecule has 14 heavy (non-hydrogen) atoms. The number of esters is 1. The summed E-state index contributed by atoms with van der Waals surface area (Å²) >= 11 is 0. The van der Waals surface area contributed by atoms with E-state index in [2.05, 4.69) is 9.64 Å². The molecule has 0 aromatic rings. The lowest BCUT2D eigenvalue weighted by atomic mass is 10.1. The summed E-state index contributed by atoms with van der Waals surface area (Å²) in [7, 11) is 1.44. The molecule has 0 bridgehead atoms. The molecule has 1 aliphatic heterocycles. The largest absolute Gasteiger partial charge is 0.469 e. The number of methoxy groups -OCH3 is 1. The summed E-state index contributed by atoms with van der Waals surface area (Å²) in [6.07, 6.45) is 0.868. The molecule has 1 atom stereocenters. The van der Waals surface area contributed by atoms with Crippen LogP contribution in [0.1, 0.15) is 13.3 Å². The minimum atomic E-state index is -0.113. The lowest BCUT2D eigenvalue weighted by Crippen LogP contribution is -2.37. The van der Waals surface area contributed by atoms with Crippen molar-refractivity contribution < 1.29 is 14.3 Å². The van der Waals surface area contributed by atoms with Crippen molar-refractivity contribution in [2.24, 2.45) is 5.92 Å². The molecule has 4 nitrogen and oxygen atoms in total. The summed E-state index contributed by atoms with van der Waals surface area (Å²) < 4.78 is 9.91. The smallest absolute Gasteiger partial charge is 0.308 e. The molecular formula is C10H19NO3. The van der Waals surface area contributed by atoms with Gasteiger partial charge in [-0.25, -0.2) is 0 Å². The summed E-state index contributed by atoms with van der Waals surface area (Å²) in [4.78, 5) is 13.4. The van der Waals surface area contributed by atoms with Crippen LogP contribution in [-0.4, -0.2) is 50.8 Å². The first-order valence-corrected chi connectivity index (χ1v) is 5.12. The quantitative estimate of drug-likeness (QED) is 0.621. The molecule has 0 spiro atoms. The summed E-state index contributed by atoms with van der Waals surface area (Å²) in [5.41, 5.74) is 0. The zero-order valence-electron chi connectivity index (χ0n) is 8.99. The van der Waals surface area contributed by atoms with E-state index in [0.29, 0.717) is 0 Å². The third-order valence-corrected chi connectivity index (χ3v) is 2.59. The zero-order chi connectivity index (χ0) is 10.4. The predicted octanol–water partition coefficient (Wildman–Crippen LogP) is 0.518. The van der Waals surface area contributed by atoms with Crippen molar-refractivity contribution in [3.05, 3.63) is 0 Å². The van der Waals surface area contributed by atoms with Crippen LogP contribution in [0.5, 0.6) is 0 Å². The fraction of sp³-hybridized carbons (Fsp3) is 0.900. The van der Waals surface area contributed by atoms with E-state index in [9.17, 15) is 4.79 Å². The number of carbonyl (C=O) groups excluding carboxylic acids is 1. The minimum absolute atomic E-state index is 0.00263. The van der Waals surface area contributed by atoms with Crippen LogP contribution >= 0.6 is 0 Å². The van der Waals surface area contributed by atoms with E-state index < -0.39 is 0 Å². The second kappa shape index (κ2) is 5.98. The first-order chi connectivity index (χ1) is 6.74. The second-order valence-corrected chi connectivity index (χ2v) is 3.67. The summed E-state index contributed by atoms with van der Waals surface area (Å²) in [5.74, 6) is -0.110. The maximum atomic E-state index is 11.1. The van der Waals surface area contributed by atoms with E-state index in [1.165, 1.54) is 7.11 Å². The lowest BCUT2D eigenvalue weighted by Gasteiger charge is -2.27. The van der Waals surface area contributed by atoms with Gasteiger partial charge in [0.25, 0.3) is 0 Å². The van der Waals surface area contributed by atoms with Crippen molar-refractivity contribution in [2.45, 2.75) is 13.3 Å². The highest BCUT2D eigenvalue weighted by Gasteiger charge is 2.16. The molecule has 0 N–H and O–H groups in total. The highest BCUT2D eigenvalue weighted by atomic mass is 16.5. The van der Waals surface area contributed by atoms with Crippen molar-refractivity contribution in [1.29, 1.82) is 0 Å². The van der Waals surface area contributed by atoms with Crippen LogP contribution in [0.4, 0.5) is 0 Å². The highest BCUT2D eigenvalue weighted by Crippen LogP contribution is 2.07. The molecule has 0 unspecified atom stereocenters. The van der Waals surface area contributed by atoms with Gasteiger partial charge in [-0.05, 0) is 13.0 Å². The van der Waals surface area contributed by atoms with Gasteiger partial charge >= 0.3 is 5.97 Å². The minimum Gasteiger partial charge on any atom is -0.469 e. The van der Waals surface area contributed by atoms with Gasteiger partial charge in [0.2, 0.25) is 0 Å². The topological polar surface area (TPSA) is 38.8 Å². The van der Waals surface area contributed by atoms with Gasteiger partial charge in [0.15, 0.2) is 0 Å². The Balaban J connectivity index is 2.15. The fourth-order valence-corrected chi connectivity index (χ4v) is 1.52. The SMILES string of the molecule is COC(=O)[C@@H](C)CCN1CCOCC1. The number of morpholine rings is 1. The van der Waals surface area contributed by atoms with Gasteiger partial charge in [0, 0.05) is 13.1 Å². The van der Waals surface area contributed by atoms with Crippen LogP contribution in [-0.2, 0) is 14.3 Å². The van der Waals surface area contributed by atoms with Crippen LogP contribution in [0.3, 0.4) is 0 Å². The van der Waals surface area contributed by atoms with Crippen LogP contribution in [0, 0.1) is 5.92 Å². The molecule has 1 rings (SSSR count). The Morgan fingerprint density at radius 2 is 2.14 bits per heavy atom. The van der Waals surface area contributed by atoms with Gasteiger partial charge in [-0.2, -0.15) is 0 Å². The third kappa shape index (κ3) is 3.64. The van der Waals surface area contributed by atoms with Crippen LogP contribution < -0.4 is 0 Å². The van der Waals surface area contributed by atoms with E-state index in [1.54, 1.807) is 0 Å². The van der Waals surface area contributed by atoms with Gasteiger partial charge in [-0.15, -0.1) is 0 Å². The molecule has 1 fully saturated rings. The average Bonchev–Trinajstić information content (AvgIpc) is 2.26. The summed E-state index contributed by atoms with van der Waals surface area (Å²) in [6.45, 7) is 6.45. The number of carbonyl (C=O) groups is 1. The standard InChI is InChI=1S/C10H19NO3/c1-9(10(12)13-2)3-4-11-5-7-14-8-6-11/h9H,3-8H2,1-2H3/t9-/m0/s1. The van der Waals surface area contributed by atoms with E-state index in [4.69, 9.17) is 4.74 Å². The molecule has 1 saturated heterocycles. The Hall–Kier alpha value is -0.610. The Morgan fingerprint density at radius 3 is 2.71 bits per heavy atom. The monoisotopic (exact) mass is 201 g/mol. The van der Waals surface area contributed by atoms with E-state index in [0.717, 1.165) is 39.3 Å². The van der Waals surface area contributed by atoms with Crippen molar-refractivity contribution >= 4 is 5.97 Å². The molecule has 0 aliphatic carbocycles. The first kappa shape index (κ1) is 11.5. The van der Waals surface area contributed by atoms with Gasteiger partial charge < -0.3 is 9.47 Å². The molecule has 1 aliphatic rings. The van der Waals surface area contributed by atoms with E-state index in [1.807, 2.05) is 6.92 Å². The molecule has 0 saturated carbocycles. The molecule has 1 heterocycles. The normalized spacial score (nSPS) is 20.4. The summed E-state index contributed by atoms with van der Waals surface area (Å²) in [5, 5.41) is 0. The van der Waals surface area contributed by atoms with Crippen LogP contribution in [0.15, 0.2) is 0 Å². The Bertz CT molecular complexity index is 178. The maximum Gasteiger partial charge on any atom is 0.308 e. The van der Waals surface area contributed by atoms with Gasteiger partial charge in [-0.3, -0.25) is 9.69 Å². The third-order valence-electron chi connectivity index (χ3n) is 2.59. The number of rotatable bonds is 4. The summed E-state index contributed by atoms with van der Waals surface area (Å²) in [6, 6.07) is 0. The van der Waals surface area contributed by atoms with Gasteiger partial charge in [-0.1, -0.05) is 6.92 Å². The molecule has 0 aromatic heterocycles. The molecule has 0 radical (unpaired) electrons. The predicted molar refractivity (Wildman–Crippen MR) is 53.1 cm³/mol. The molecule has 0 amide bonds. The second-order valence-electron chi connectivity index (χ2n) is 3.67. The van der Waals surface area contributed by atoms with Crippen molar-refractivity contribution in [1.82, 2.24) is 4.90 Å². The molecule has 4 heteroatoms. The van der Waals surface area contributed by atoms with Gasteiger partial charge in [0.1, 0.15) is 0 Å². The number of hydrogen-bond donors (Lipinski definition) is 0. The van der Waals surface area contributed by atoms with Crippen LogP contribution in [0.25, 0.3) is 0 Å². The molecule has 82 valence electrons. The maximum absolute atomic E-state index is 11.1.